The van der Waals surface area contributed by atoms with Gasteiger partial charge in [0.15, 0.2) is 0 Å². The topological polar surface area (TPSA) is 78.3 Å². The molecule has 4 nitrogen and oxygen atoms in total. The molecule has 0 fully saturated rings. The molecule has 0 saturated heterocycles. The molecule has 104 valence electrons. The van der Waals surface area contributed by atoms with Gasteiger partial charge >= 0.3 is 5.97 Å². The number of carbonyl (C=O) groups excluding carboxylic acids is 1. The van der Waals surface area contributed by atoms with Crippen LogP contribution < -0.4 is 11.5 Å². The molecule has 0 radical (unpaired) electrons. The van der Waals surface area contributed by atoms with Crippen LogP contribution in [0, 0.1) is 11.6 Å². The van der Waals surface area contributed by atoms with E-state index in [-0.39, 0.29) is 23.4 Å². The Labute approximate surface area is 114 Å². The van der Waals surface area contributed by atoms with Crippen molar-refractivity contribution in [2.45, 2.75) is 6.61 Å². The highest BCUT2D eigenvalue weighted by molar-refractivity contribution is 5.95. The number of nitrogen functional groups attached to an aromatic ring is 2. The zero-order valence-electron chi connectivity index (χ0n) is 10.4. The van der Waals surface area contributed by atoms with E-state index >= 15 is 0 Å². The van der Waals surface area contributed by atoms with Gasteiger partial charge in [-0.25, -0.2) is 13.6 Å². The Morgan fingerprint density at radius 1 is 1.10 bits per heavy atom. The molecule has 0 atom stereocenters. The fourth-order valence-electron chi connectivity index (χ4n) is 1.63. The molecule has 0 aliphatic carbocycles. The van der Waals surface area contributed by atoms with Gasteiger partial charge in [0.1, 0.15) is 18.2 Å². The number of rotatable bonds is 3. The second kappa shape index (κ2) is 5.56. The summed E-state index contributed by atoms with van der Waals surface area (Å²) in [7, 11) is 0. The zero-order valence-corrected chi connectivity index (χ0v) is 10.4. The first-order chi connectivity index (χ1) is 9.47. The van der Waals surface area contributed by atoms with Gasteiger partial charge in [-0.2, -0.15) is 0 Å². The highest BCUT2D eigenvalue weighted by atomic mass is 19.1. The third-order valence-corrected chi connectivity index (χ3v) is 2.67. The number of carbonyl (C=O) groups is 1. The van der Waals surface area contributed by atoms with Crippen LogP contribution in [0.2, 0.25) is 0 Å². The molecule has 20 heavy (non-hydrogen) atoms. The van der Waals surface area contributed by atoms with E-state index in [0.717, 1.165) is 12.1 Å². The first kappa shape index (κ1) is 13.8. The van der Waals surface area contributed by atoms with Gasteiger partial charge in [0, 0.05) is 23.0 Å². The maximum Gasteiger partial charge on any atom is 0.340 e. The third kappa shape index (κ3) is 3.03. The third-order valence-electron chi connectivity index (χ3n) is 2.67. The number of halogens is 2. The standard InChI is InChI=1S/C14H12F2N2O2/c15-9-2-1-8(12(16)5-9)7-20-14(19)11-4-3-10(17)6-13(11)18/h1-6H,7,17-18H2. The molecule has 0 aliphatic rings. The number of hydrogen-bond donors (Lipinski definition) is 2. The first-order valence-corrected chi connectivity index (χ1v) is 5.73. The zero-order chi connectivity index (χ0) is 14.7. The van der Waals surface area contributed by atoms with Gasteiger partial charge in [-0.3, -0.25) is 0 Å². The van der Waals surface area contributed by atoms with Gasteiger partial charge in [0.05, 0.1) is 5.56 Å². The predicted molar refractivity (Wildman–Crippen MR) is 70.7 cm³/mol. The van der Waals surface area contributed by atoms with Crippen LogP contribution in [0.4, 0.5) is 20.2 Å². The van der Waals surface area contributed by atoms with E-state index in [2.05, 4.69) is 0 Å². The van der Waals surface area contributed by atoms with Crippen LogP contribution in [0.3, 0.4) is 0 Å². The van der Waals surface area contributed by atoms with Gasteiger partial charge in [-0.15, -0.1) is 0 Å². The van der Waals surface area contributed by atoms with Crippen LogP contribution in [-0.2, 0) is 11.3 Å². The highest BCUT2D eigenvalue weighted by Gasteiger charge is 2.13. The molecule has 2 rings (SSSR count). The fraction of sp³-hybridized carbons (Fsp3) is 0.0714. The van der Waals surface area contributed by atoms with Crippen LogP contribution >= 0.6 is 0 Å². The predicted octanol–water partition coefficient (Wildman–Crippen LogP) is 2.49. The van der Waals surface area contributed by atoms with Crippen LogP contribution in [0.1, 0.15) is 15.9 Å². The van der Waals surface area contributed by atoms with Gasteiger partial charge in [-0.05, 0) is 30.3 Å². The quantitative estimate of drug-likeness (QED) is 0.668. The lowest BCUT2D eigenvalue weighted by atomic mass is 10.1. The summed E-state index contributed by atoms with van der Waals surface area (Å²) < 4.78 is 31.0. The Balaban J connectivity index is 2.08. The van der Waals surface area contributed by atoms with E-state index in [9.17, 15) is 13.6 Å². The summed E-state index contributed by atoms with van der Waals surface area (Å²) in [4.78, 5) is 11.8. The molecule has 4 N–H and O–H groups in total. The summed E-state index contributed by atoms with van der Waals surface area (Å²) in [6, 6.07) is 7.38. The lowest BCUT2D eigenvalue weighted by Gasteiger charge is -2.08. The summed E-state index contributed by atoms with van der Waals surface area (Å²) in [6.07, 6.45) is 0. The maximum atomic E-state index is 13.4. The van der Waals surface area contributed by atoms with Gasteiger partial charge < -0.3 is 16.2 Å². The Hall–Kier alpha value is -2.63. The van der Waals surface area contributed by atoms with Crippen molar-refractivity contribution < 1.29 is 18.3 Å². The molecule has 0 aliphatic heterocycles. The normalized spacial score (nSPS) is 10.3. The Bertz CT molecular complexity index is 660. The van der Waals surface area contributed by atoms with E-state index in [0.29, 0.717) is 5.69 Å². The van der Waals surface area contributed by atoms with Crippen molar-refractivity contribution in [2.75, 3.05) is 11.5 Å². The van der Waals surface area contributed by atoms with Gasteiger partial charge in [0.25, 0.3) is 0 Å². The number of anilines is 2. The molecule has 0 spiro atoms. The number of benzene rings is 2. The molecule has 0 bridgehead atoms. The second-order valence-electron chi connectivity index (χ2n) is 4.16. The molecule has 0 heterocycles. The number of nitrogens with two attached hydrogens (primary N) is 2. The molecule has 0 unspecified atom stereocenters. The summed E-state index contributed by atoms with van der Waals surface area (Å²) in [6.45, 7) is -0.311. The van der Waals surface area contributed by atoms with Crippen LogP contribution in [0.25, 0.3) is 0 Å². The number of hydrogen-bond acceptors (Lipinski definition) is 4. The fourth-order valence-corrected chi connectivity index (χ4v) is 1.63. The second-order valence-corrected chi connectivity index (χ2v) is 4.16. The SMILES string of the molecule is Nc1ccc(C(=O)OCc2ccc(F)cc2F)c(N)c1. The molecule has 0 saturated carbocycles. The largest absolute Gasteiger partial charge is 0.457 e. The molecule has 2 aromatic carbocycles. The van der Waals surface area contributed by atoms with E-state index in [1.807, 2.05) is 0 Å². The molecule has 6 heteroatoms. The highest BCUT2D eigenvalue weighted by Crippen LogP contribution is 2.18. The van der Waals surface area contributed by atoms with Crippen molar-refractivity contribution in [3.05, 3.63) is 59.2 Å². The number of esters is 1. The molecular weight excluding hydrogens is 266 g/mol. The summed E-state index contributed by atoms with van der Waals surface area (Å²) in [5.41, 5.74) is 12.0. The summed E-state index contributed by atoms with van der Waals surface area (Å²) in [5, 5.41) is 0. The van der Waals surface area contributed by atoms with Crippen LogP contribution in [0.15, 0.2) is 36.4 Å². The molecular formula is C14H12F2N2O2. The Kier molecular flexibility index (Phi) is 3.84. The van der Waals surface area contributed by atoms with Crippen molar-refractivity contribution in [3.63, 3.8) is 0 Å². The number of ether oxygens (including phenoxy) is 1. The lowest BCUT2D eigenvalue weighted by molar-refractivity contribution is 0.0470. The lowest BCUT2D eigenvalue weighted by Crippen LogP contribution is -2.09. The van der Waals surface area contributed by atoms with Crippen molar-refractivity contribution in [1.82, 2.24) is 0 Å². The van der Waals surface area contributed by atoms with E-state index in [1.165, 1.54) is 24.3 Å². The monoisotopic (exact) mass is 278 g/mol. The van der Waals surface area contributed by atoms with E-state index < -0.39 is 17.6 Å². The maximum absolute atomic E-state index is 13.4. The van der Waals surface area contributed by atoms with E-state index in [1.54, 1.807) is 0 Å². The minimum absolute atomic E-state index is 0.0776. The van der Waals surface area contributed by atoms with Crippen molar-refractivity contribution >= 4 is 17.3 Å². The van der Waals surface area contributed by atoms with Gasteiger partial charge in [-0.1, -0.05) is 0 Å². The minimum atomic E-state index is -0.775. The smallest absolute Gasteiger partial charge is 0.340 e. The average molecular weight is 278 g/mol. The first-order valence-electron chi connectivity index (χ1n) is 5.73. The minimum Gasteiger partial charge on any atom is -0.457 e. The average Bonchev–Trinajstić information content (AvgIpc) is 2.37. The van der Waals surface area contributed by atoms with Gasteiger partial charge in [0.2, 0.25) is 0 Å². The van der Waals surface area contributed by atoms with Crippen molar-refractivity contribution in [1.29, 1.82) is 0 Å². The van der Waals surface area contributed by atoms with E-state index in [4.69, 9.17) is 16.2 Å². The Morgan fingerprint density at radius 3 is 2.50 bits per heavy atom. The molecule has 0 amide bonds. The van der Waals surface area contributed by atoms with Crippen molar-refractivity contribution in [3.8, 4) is 0 Å². The van der Waals surface area contributed by atoms with Crippen LogP contribution in [0.5, 0.6) is 0 Å². The van der Waals surface area contributed by atoms with Crippen molar-refractivity contribution in [2.24, 2.45) is 0 Å². The summed E-state index contributed by atoms with van der Waals surface area (Å²) >= 11 is 0. The summed E-state index contributed by atoms with van der Waals surface area (Å²) in [5.74, 6) is -2.17. The molecule has 2 aromatic rings. The Morgan fingerprint density at radius 2 is 1.85 bits per heavy atom. The van der Waals surface area contributed by atoms with Crippen LogP contribution in [-0.4, -0.2) is 5.97 Å². The molecule has 0 aromatic heterocycles.